The number of rotatable bonds is 10. The van der Waals surface area contributed by atoms with Crippen molar-refractivity contribution < 1.29 is 29.0 Å². The van der Waals surface area contributed by atoms with Crippen LogP contribution >= 0.6 is 14.5 Å². The zero-order valence-electron chi connectivity index (χ0n) is 62.6. The molecule has 3 aromatic carbocycles. The van der Waals surface area contributed by atoms with Gasteiger partial charge in [-0.05, 0) is 154 Å². The average molecular weight is 1610 g/mol. The number of allylic oxidation sites excluding steroid dienone is 1. The van der Waals surface area contributed by atoms with E-state index in [2.05, 4.69) is 137 Å². The van der Waals surface area contributed by atoms with E-state index in [0.29, 0.717) is 54.8 Å². The molecule has 10 heterocycles. The monoisotopic (exact) mass is 1610 g/mol. The molecule has 10 aromatic rings. The second kappa shape index (κ2) is 48.2. The van der Waals surface area contributed by atoms with E-state index in [1.807, 2.05) is 146 Å². The Balaban J connectivity index is 0.000000170. The van der Waals surface area contributed by atoms with Crippen LogP contribution in [0, 0.1) is 34.5 Å². The Morgan fingerprint density at radius 2 is 0.800 bits per heavy atom. The molecule has 582 valence electrons. The first-order valence-corrected chi connectivity index (χ1v) is 41.1. The predicted octanol–water partition coefficient (Wildman–Crippen LogP) is 12.9. The molecule has 9 N–H and O–H groups in total. The highest BCUT2D eigenvalue weighted by Crippen LogP contribution is 2.39. The third-order valence-corrected chi connectivity index (χ3v) is 18.8. The number of benzene rings is 3. The maximum atomic E-state index is 12.8. The molecule has 16 rings (SSSR count). The van der Waals surface area contributed by atoms with Gasteiger partial charge >= 0.3 is 18.2 Å². The Morgan fingerprint density at radius 1 is 0.452 bits per heavy atom. The summed E-state index contributed by atoms with van der Waals surface area (Å²) in [6.07, 6.45) is 25.3. The van der Waals surface area contributed by atoms with Crippen molar-refractivity contribution in [3.8, 4) is 40.3 Å². The molecule has 3 aliphatic carbocycles. The van der Waals surface area contributed by atoms with Crippen LogP contribution in [0.1, 0.15) is 99.8 Å². The Morgan fingerprint density at radius 3 is 1.22 bits per heavy atom. The molecule has 6 aliphatic rings. The van der Waals surface area contributed by atoms with E-state index < -0.39 is 18.2 Å². The fourth-order valence-electron chi connectivity index (χ4n) is 13.7. The first-order chi connectivity index (χ1) is 56.4. The van der Waals surface area contributed by atoms with Crippen LogP contribution in [-0.2, 0) is 23.6 Å². The van der Waals surface area contributed by atoms with E-state index in [1.54, 1.807) is 97.8 Å². The van der Waals surface area contributed by atoms with Crippen molar-refractivity contribution >= 4 is 94.3 Å². The molecule has 0 bridgehead atoms. The number of phenols is 1. The summed E-state index contributed by atoms with van der Waals surface area (Å²) >= 11 is 8.29. The minimum atomic E-state index is -0.514. The van der Waals surface area contributed by atoms with Crippen LogP contribution in [0.15, 0.2) is 270 Å². The molecule has 7 aromatic heterocycles. The van der Waals surface area contributed by atoms with E-state index in [1.165, 1.54) is 0 Å². The molecule has 4 amide bonds. The van der Waals surface area contributed by atoms with Crippen LogP contribution in [0.5, 0.6) is 17.2 Å². The quantitative estimate of drug-likeness (QED) is 0.0289. The number of nitrogens with one attached hydrogen (secondary N) is 4. The highest BCUT2D eigenvalue weighted by molar-refractivity contribution is 8.07. The summed E-state index contributed by atoms with van der Waals surface area (Å²) in [4.78, 5) is 63.1. The van der Waals surface area contributed by atoms with E-state index in [9.17, 15) is 14.4 Å². The third-order valence-electron chi connectivity index (χ3n) is 18.8. The maximum Gasteiger partial charge on any atom is 0.412 e. The van der Waals surface area contributed by atoms with Gasteiger partial charge in [0.1, 0.15) is 28.6 Å². The van der Waals surface area contributed by atoms with E-state index in [4.69, 9.17) is 36.8 Å². The van der Waals surface area contributed by atoms with Gasteiger partial charge in [-0.1, -0.05) is 173 Å². The fourth-order valence-corrected chi connectivity index (χ4v) is 13.7. The second-order valence-corrected chi connectivity index (χ2v) is 27.9. The number of nitrogens with two attached hydrogens (primary N) is 2. The number of fused-ring (bicyclic) bond motifs is 4. The molecular formula is C81H84B2N22O6P2S2. The first-order valence-electron chi connectivity index (χ1n) is 37.1. The molecular weight excluding hydrogens is 1520 g/mol. The highest BCUT2D eigenvalue weighted by Gasteiger charge is 2.48. The van der Waals surface area contributed by atoms with Crippen LogP contribution < -0.4 is 42.2 Å². The van der Waals surface area contributed by atoms with Crippen LogP contribution in [0.2, 0.25) is 0 Å². The lowest BCUT2D eigenvalue weighted by Crippen LogP contribution is -2.57. The summed E-state index contributed by atoms with van der Waals surface area (Å²) in [6, 6.07) is 60.0. The number of phenolic OH excluding ortho intramolecular Hbond substituents is 1. The van der Waals surface area contributed by atoms with E-state index in [-0.39, 0.29) is 59.9 Å². The van der Waals surface area contributed by atoms with Crippen LogP contribution in [-0.4, -0.2) is 148 Å². The van der Waals surface area contributed by atoms with Gasteiger partial charge < -0.3 is 47.3 Å². The molecule has 115 heavy (non-hydrogen) atoms. The smallest absolute Gasteiger partial charge is 0.412 e. The zero-order valence-corrected chi connectivity index (χ0v) is 66.0. The van der Waals surface area contributed by atoms with Crippen LogP contribution in [0.3, 0.4) is 0 Å². The van der Waals surface area contributed by atoms with Gasteiger partial charge in [0.05, 0.1) is 63.7 Å². The van der Waals surface area contributed by atoms with Crippen LogP contribution in [0.4, 0.5) is 14.4 Å². The van der Waals surface area contributed by atoms with Gasteiger partial charge in [-0.25, -0.2) is 14.4 Å². The van der Waals surface area contributed by atoms with Crippen molar-refractivity contribution in [2.45, 2.75) is 113 Å². The summed E-state index contributed by atoms with van der Waals surface area (Å²) in [5.74, 6) is 2.10. The number of urea groups is 1. The first kappa shape index (κ1) is 87.0. The van der Waals surface area contributed by atoms with Crippen molar-refractivity contribution in [1.82, 2.24) is 71.6 Å². The van der Waals surface area contributed by atoms with E-state index in [0.717, 1.165) is 123 Å². The average Bonchev–Trinajstić information content (AvgIpc) is 1.75. The van der Waals surface area contributed by atoms with Gasteiger partial charge in [-0.15, -0.1) is 20.4 Å². The van der Waals surface area contributed by atoms with Gasteiger partial charge in [-0.3, -0.25) is 29.9 Å². The molecule has 3 fully saturated rings. The number of para-hydroxylation sites is 3. The number of carbonyl (C=O) groups excluding carboxylic acids is 3. The Kier molecular flexibility index (Phi) is 36.5. The molecule has 4 radical (unpaired) electrons. The fraction of sp³-hybridized carbons (Fsp3) is 0.272. The minimum Gasteiger partial charge on any atom is -0.508 e. The summed E-state index contributed by atoms with van der Waals surface area (Å²) < 4.78 is 10.7. The number of aromatic hydroxyl groups is 1. The van der Waals surface area contributed by atoms with Gasteiger partial charge in [-0.2, -0.15) is 20.4 Å². The van der Waals surface area contributed by atoms with Crippen LogP contribution in [0.25, 0.3) is 23.0 Å². The summed E-state index contributed by atoms with van der Waals surface area (Å²) in [5, 5.41) is 67.3. The molecule has 10 unspecified atom stereocenters. The number of amides is 4. The number of ether oxygens (including phenoxy) is 2. The number of pyridine rings is 6. The zero-order chi connectivity index (χ0) is 81.2. The topological polar surface area (TPSA) is 416 Å². The normalized spacial score (nSPS) is 21.1. The lowest BCUT2D eigenvalue weighted by Gasteiger charge is -2.40. The number of aromatic nitrogens is 10. The molecule has 1 saturated heterocycles. The minimum absolute atomic E-state index is 0.00384. The van der Waals surface area contributed by atoms with E-state index >= 15 is 0 Å². The number of hydrogen-bond acceptors (Lipinski definition) is 26. The second-order valence-electron chi connectivity index (χ2n) is 26.2. The lowest BCUT2D eigenvalue weighted by molar-refractivity contribution is 0.186. The third kappa shape index (κ3) is 26.8. The van der Waals surface area contributed by atoms with Gasteiger partial charge in [0, 0.05) is 89.8 Å². The predicted molar refractivity (Wildman–Crippen MR) is 451 cm³/mol. The van der Waals surface area contributed by atoms with Gasteiger partial charge in [0.25, 0.3) is 0 Å². The van der Waals surface area contributed by atoms with Crippen molar-refractivity contribution in [1.29, 1.82) is 10.8 Å². The summed E-state index contributed by atoms with van der Waals surface area (Å²) in [7, 11) is 10.3. The Bertz CT molecular complexity index is 4740. The number of hydrogen-bond donors (Lipinski definition) is 7. The molecule has 2 saturated carbocycles. The molecule has 34 heteroatoms. The Hall–Kier alpha value is -12.0. The van der Waals surface area contributed by atoms with Crippen molar-refractivity contribution in [3.05, 3.63) is 272 Å². The largest absolute Gasteiger partial charge is 0.508 e. The van der Waals surface area contributed by atoms with Gasteiger partial charge in [0.2, 0.25) is 11.6 Å². The number of carbonyl (C=O) groups is 3. The maximum absolute atomic E-state index is 12.8. The van der Waals surface area contributed by atoms with Crippen molar-refractivity contribution in [3.63, 3.8) is 0 Å². The molecule has 28 nitrogen and oxygen atoms in total. The highest BCUT2D eigenvalue weighted by atomic mass is 32.4. The summed E-state index contributed by atoms with van der Waals surface area (Å²) in [5.41, 5.74) is 20.8. The molecule has 0 spiro atoms. The van der Waals surface area contributed by atoms with Gasteiger partial charge in [0.15, 0.2) is 15.1 Å². The standard InChI is InChI=1S/C27H28N6O2.C21H22N6O.C15H20N2O2.C12H8N6.C6H6O.2BPS.N2/c28-24-20(31-27(34)35-18-10-2-1-3-11-18)13-5-4-12-19-23(24)26(22-15-7-9-17-30-22)33-32-25(19)21-14-6-8-16-29-21;28-21-24-16-10-2-1-7-13-17(19(16)25-21)20(15-9-4-6-12-23-15)27-26-18(13)14-8-3-5-11-22-14;16-13-10-6-1-2-7-11-14(13)17-15(18)19-12-8-4-3-5-9-12;1-3-7-13-9(5-1)11-15-17-12(18-16-11)10-6-2-4-8-14-10;7-6-4-2-1-3-5-6;2*1-2-3;1-2/h1-3,6-11,14-17,19-20,23-24H,4-5,12-13,28H2,(H,31,34);3-6,8-9,11-13,16-17,19H,1-2,7,10H2,(H2,24,25,28);3-6,8-10,13-14H,1-2,7,11,16H2,(H,17,18);1-8H;1-5,7H;;;/b;;10-6+;;;;;. The molecule has 10 atom stereocenters. The van der Waals surface area contributed by atoms with Crippen molar-refractivity contribution in [2.24, 2.45) is 55.5 Å². The SMILES string of the molecule is N#N.NC1/C=C/CCCCC1NC(=O)Oc1ccccc1.NC1C(NC(=O)Oc2ccccc2)CCCCC2C(c3ccccn3)=NN=C(c3ccccn3)C21.O=C1NC2CCCCC3C(c4ccccn4)=NN=C(c4ccccn4)C3C2N1.Oc1ccccc1.[B]P=S.[B]P=S.c1ccc(-c2nnc(-c3ccccn3)nn2)nc1. The molecule has 3 aliphatic heterocycles. The van der Waals surface area contributed by atoms with Crippen molar-refractivity contribution in [2.75, 3.05) is 0 Å². The lowest BCUT2D eigenvalue weighted by atomic mass is 9.70. The summed E-state index contributed by atoms with van der Waals surface area (Å²) in [6.45, 7) is 0. The number of nitrogens with zero attached hydrogens (tertiary/aromatic N) is 16. The Labute approximate surface area is 682 Å².